The Labute approximate surface area is 176 Å². The van der Waals surface area contributed by atoms with Crippen LogP contribution in [-0.4, -0.2) is 40.7 Å². The van der Waals surface area contributed by atoms with Crippen molar-refractivity contribution in [3.05, 3.63) is 65.9 Å². The fourth-order valence-electron chi connectivity index (χ4n) is 4.05. The third-order valence-corrected chi connectivity index (χ3v) is 6.42. The van der Waals surface area contributed by atoms with Crippen molar-refractivity contribution >= 4 is 28.6 Å². The van der Waals surface area contributed by atoms with Gasteiger partial charge in [-0.15, -0.1) is 11.8 Å². The Kier molecular flexibility index (Phi) is 5.97. The Morgan fingerprint density at radius 2 is 1.86 bits per heavy atom. The van der Waals surface area contributed by atoms with Gasteiger partial charge in [-0.1, -0.05) is 48.0 Å². The molecule has 2 atom stereocenters. The number of para-hydroxylation sites is 1. The number of carbonyl (C=O) groups is 1. The number of nitrogens with zero attached hydrogens (tertiary/aromatic N) is 2. The van der Waals surface area contributed by atoms with Crippen LogP contribution in [0, 0.1) is 6.92 Å². The average Bonchev–Trinajstić information content (AvgIpc) is 3.03. The number of fused-ring (bicyclic) bond motifs is 1. The van der Waals surface area contributed by atoms with Crippen molar-refractivity contribution in [3.63, 3.8) is 0 Å². The molecular weight excluding hydrogens is 380 g/mol. The number of rotatable bonds is 5. The Bertz CT molecular complexity index is 1000. The molecule has 4 nitrogen and oxygen atoms in total. The molecule has 1 saturated heterocycles. The number of thioether (sulfide) groups is 1. The Balaban J connectivity index is 1.53. The molecule has 152 valence electrons. The topological polar surface area (TPSA) is 34.5 Å². The molecule has 1 fully saturated rings. The first-order valence-electron chi connectivity index (χ1n) is 10.2. The molecule has 0 saturated carbocycles. The molecule has 5 heteroatoms. The van der Waals surface area contributed by atoms with Crippen molar-refractivity contribution in [2.45, 2.75) is 50.2 Å². The largest absolute Gasteiger partial charge is 0.372 e. The molecule has 0 unspecified atom stereocenters. The second kappa shape index (κ2) is 8.64. The average molecular weight is 409 g/mol. The highest BCUT2D eigenvalue weighted by Crippen LogP contribution is 2.32. The highest BCUT2D eigenvalue weighted by atomic mass is 32.2. The van der Waals surface area contributed by atoms with Crippen LogP contribution in [0.15, 0.2) is 59.6 Å². The SMILES string of the molecule is Cc1cccc(CSc2cn(CC(=O)N3C[C@@H](C)O[C@@H](C)C3)c3ccccc23)c1. The fourth-order valence-corrected chi connectivity index (χ4v) is 5.08. The van der Waals surface area contributed by atoms with E-state index in [2.05, 4.69) is 60.2 Å². The molecule has 1 aliphatic heterocycles. The van der Waals surface area contributed by atoms with E-state index in [1.807, 2.05) is 36.6 Å². The molecule has 0 N–H and O–H groups in total. The zero-order valence-electron chi connectivity index (χ0n) is 17.3. The summed E-state index contributed by atoms with van der Waals surface area (Å²) < 4.78 is 7.87. The van der Waals surface area contributed by atoms with Crippen molar-refractivity contribution in [2.24, 2.45) is 0 Å². The molecule has 0 radical (unpaired) electrons. The molecule has 4 rings (SSSR count). The molecule has 1 aromatic heterocycles. The van der Waals surface area contributed by atoms with Gasteiger partial charge in [0.1, 0.15) is 6.54 Å². The Morgan fingerprint density at radius 3 is 2.62 bits per heavy atom. The maximum Gasteiger partial charge on any atom is 0.242 e. The number of ether oxygens (including phenoxy) is 1. The summed E-state index contributed by atoms with van der Waals surface area (Å²) >= 11 is 1.83. The Hall–Kier alpha value is -2.24. The molecule has 0 spiro atoms. The number of morpholine rings is 1. The van der Waals surface area contributed by atoms with Crippen LogP contribution >= 0.6 is 11.8 Å². The summed E-state index contributed by atoms with van der Waals surface area (Å²) in [7, 11) is 0. The molecule has 2 heterocycles. The molecule has 0 bridgehead atoms. The zero-order chi connectivity index (χ0) is 20.4. The molecule has 1 aliphatic rings. The first-order chi connectivity index (χ1) is 14.0. The number of hydrogen-bond acceptors (Lipinski definition) is 3. The third-order valence-electron chi connectivity index (χ3n) is 5.31. The van der Waals surface area contributed by atoms with Crippen LogP contribution in [0.1, 0.15) is 25.0 Å². The summed E-state index contributed by atoms with van der Waals surface area (Å²) in [5, 5.41) is 1.21. The van der Waals surface area contributed by atoms with Gasteiger partial charge in [-0.25, -0.2) is 0 Å². The predicted molar refractivity (Wildman–Crippen MR) is 119 cm³/mol. The van der Waals surface area contributed by atoms with Crippen LogP contribution in [0.3, 0.4) is 0 Å². The van der Waals surface area contributed by atoms with Crippen molar-refractivity contribution in [3.8, 4) is 0 Å². The van der Waals surface area contributed by atoms with E-state index in [1.165, 1.54) is 21.4 Å². The normalized spacial score (nSPS) is 19.6. The molecule has 2 aromatic carbocycles. The van der Waals surface area contributed by atoms with E-state index in [0.29, 0.717) is 19.6 Å². The van der Waals surface area contributed by atoms with Crippen LogP contribution < -0.4 is 0 Å². The van der Waals surface area contributed by atoms with E-state index in [0.717, 1.165) is 11.3 Å². The number of aryl methyl sites for hydroxylation is 1. The van der Waals surface area contributed by atoms with Gasteiger partial charge in [0.2, 0.25) is 5.91 Å². The first-order valence-corrected chi connectivity index (χ1v) is 11.2. The third kappa shape index (κ3) is 4.68. The number of aromatic nitrogens is 1. The van der Waals surface area contributed by atoms with Crippen LogP contribution in [-0.2, 0) is 21.8 Å². The smallest absolute Gasteiger partial charge is 0.242 e. The fraction of sp³-hybridized carbons (Fsp3) is 0.375. The minimum atomic E-state index is 0.0875. The van der Waals surface area contributed by atoms with Gasteiger partial charge in [-0.2, -0.15) is 0 Å². The maximum absolute atomic E-state index is 13.0. The van der Waals surface area contributed by atoms with Gasteiger partial charge in [0.25, 0.3) is 0 Å². The zero-order valence-corrected chi connectivity index (χ0v) is 18.1. The minimum absolute atomic E-state index is 0.0875. The molecule has 29 heavy (non-hydrogen) atoms. The summed E-state index contributed by atoms with van der Waals surface area (Å²) in [5.74, 6) is 1.07. The minimum Gasteiger partial charge on any atom is -0.372 e. The van der Waals surface area contributed by atoms with Gasteiger partial charge < -0.3 is 14.2 Å². The van der Waals surface area contributed by atoms with Crippen molar-refractivity contribution in [1.29, 1.82) is 0 Å². The van der Waals surface area contributed by atoms with Gasteiger partial charge in [-0.3, -0.25) is 4.79 Å². The van der Waals surface area contributed by atoms with Crippen LogP contribution in [0.5, 0.6) is 0 Å². The summed E-state index contributed by atoms with van der Waals surface area (Å²) in [6, 6.07) is 17.0. The van der Waals surface area contributed by atoms with Crippen LogP contribution in [0.25, 0.3) is 10.9 Å². The molecular formula is C24H28N2O2S. The van der Waals surface area contributed by atoms with E-state index in [1.54, 1.807) is 0 Å². The number of carbonyl (C=O) groups excluding carboxylic acids is 1. The van der Waals surface area contributed by atoms with E-state index in [4.69, 9.17) is 4.74 Å². The van der Waals surface area contributed by atoms with Gasteiger partial charge in [0, 0.05) is 40.8 Å². The lowest BCUT2D eigenvalue weighted by Crippen LogP contribution is -2.49. The lowest BCUT2D eigenvalue weighted by molar-refractivity contribution is -0.143. The summed E-state index contributed by atoms with van der Waals surface area (Å²) in [5.41, 5.74) is 3.71. The number of hydrogen-bond donors (Lipinski definition) is 0. The van der Waals surface area contributed by atoms with Gasteiger partial charge in [0.15, 0.2) is 0 Å². The standard InChI is InChI=1S/C24H28N2O2S/c1-17-7-6-8-20(11-17)16-29-23-14-25(22-10-5-4-9-21(22)23)15-24(27)26-12-18(2)28-19(3)13-26/h4-11,14,18-19H,12-13,15-16H2,1-3H3/t18-,19+. The first kappa shape index (κ1) is 20.0. The van der Waals surface area contributed by atoms with Crippen LogP contribution in [0.4, 0.5) is 0 Å². The van der Waals surface area contributed by atoms with Gasteiger partial charge >= 0.3 is 0 Å². The summed E-state index contributed by atoms with van der Waals surface area (Å²) in [4.78, 5) is 16.1. The van der Waals surface area contributed by atoms with E-state index >= 15 is 0 Å². The highest BCUT2D eigenvalue weighted by Gasteiger charge is 2.26. The van der Waals surface area contributed by atoms with Gasteiger partial charge in [-0.05, 0) is 32.4 Å². The second-order valence-electron chi connectivity index (χ2n) is 7.97. The monoisotopic (exact) mass is 408 g/mol. The summed E-state index contributed by atoms with van der Waals surface area (Å²) in [6.45, 7) is 7.88. The molecule has 1 amide bonds. The lowest BCUT2D eigenvalue weighted by Gasteiger charge is -2.35. The predicted octanol–water partition coefficient (Wildman–Crippen LogP) is 4.88. The van der Waals surface area contributed by atoms with E-state index in [-0.39, 0.29) is 18.1 Å². The highest BCUT2D eigenvalue weighted by molar-refractivity contribution is 7.98. The van der Waals surface area contributed by atoms with E-state index < -0.39 is 0 Å². The van der Waals surface area contributed by atoms with Crippen molar-refractivity contribution in [2.75, 3.05) is 13.1 Å². The summed E-state index contributed by atoms with van der Waals surface area (Å²) in [6.07, 6.45) is 2.31. The van der Waals surface area contributed by atoms with Gasteiger partial charge in [0.05, 0.1) is 12.2 Å². The lowest BCUT2D eigenvalue weighted by atomic mass is 10.2. The Morgan fingerprint density at radius 1 is 1.10 bits per heavy atom. The van der Waals surface area contributed by atoms with E-state index in [9.17, 15) is 4.79 Å². The number of benzene rings is 2. The molecule has 0 aliphatic carbocycles. The maximum atomic E-state index is 13.0. The second-order valence-corrected chi connectivity index (χ2v) is 8.99. The molecule has 3 aromatic rings. The number of amides is 1. The van der Waals surface area contributed by atoms with Crippen molar-refractivity contribution < 1.29 is 9.53 Å². The van der Waals surface area contributed by atoms with Crippen molar-refractivity contribution in [1.82, 2.24) is 9.47 Å². The quantitative estimate of drug-likeness (QED) is 0.565. The van der Waals surface area contributed by atoms with Crippen LogP contribution in [0.2, 0.25) is 0 Å².